The number of aliphatic carboxylic acids is 1. The Balaban J connectivity index is 1.77. The molecule has 0 spiro atoms. The Labute approximate surface area is 124 Å². The molecule has 4 nitrogen and oxygen atoms in total. The predicted octanol–water partition coefficient (Wildman–Crippen LogP) is 3.93. The molecule has 2 N–H and O–H groups in total. The number of ether oxygens (including phenoxy) is 1. The fraction of sp³-hybridized carbons (Fsp3) is 0.471. The smallest absolute Gasteiger partial charge is 0.303 e. The number of hydrogen-bond donors (Lipinski definition) is 2. The van der Waals surface area contributed by atoms with Crippen molar-refractivity contribution in [1.29, 1.82) is 0 Å². The summed E-state index contributed by atoms with van der Waals surface area (Å²) in [6.45, 7) is 0. The van der Waals surface area contributed by atoms with Crippen molar-refractivity contribution in [2.24, 2.45) is 5.92 Å². The second kappa shape index (κ2) is 5.80. The molecule has 0 aliphatic heterocycles. The third-order valence-electron chi connectivity index (χ3n) is 4.67. The number of benzene rings is 1. The van der Waals surface area contributed by atoms with Crippen LogP contribution in [0.3, 0.4) is 0 Å². The van der Waals surface area contributed by atoms with Crippen LogP contribution in [-0.2, 0) is 4.79 Å². The van der Waals surface area contributed by atoms with Gasteiger partial charge in [-0.05, 0) is 61.3 Å². The van der Waals surface area contributed by atoms with Gasteiger partial charge in [-0.25, -0.2) is 0 Å². The number of aromatic nitrogens is 1. The maximum Gasteiger partial charge on any atom is 0.303 e. The van der Waals surface area contributed by atoms with E-state index in [-0.39, 0.29) is 0 Å². The molecule has 1 heterocycles. The van der Waals surface area contributed by atoms with Crippen molar-refractivity contribution in [3.05, 3.63) is 30.0 Å². The van der Waals surface area contributed by atoms with Gasteiger partial charge in [-0.3, -0.25) is 4.79 Å². The summed E-state index contributed by atoms with van der Waals surface area (Å²) in [5.41, 5.74) is 2.48. The normalized spacial score (nSPS) is 22.3. The van der Waals surface area contributed by atoms with E-state index in [1.54, 1.807) is 7.11 Å². The summed E-state index contributed by atoms with van der Waals surface area (Å²) in [5.74, 6) is 1.08. The highest BCUT2D eigenvalue weighted by Gasteiger charge is 2.25. The van der Waals surface area contributed by atoms with Gasteiger partial charge in [0.15, 0.2) is 0 Å². The topological polar surface area (TPSA) is 62.3 Å². The van der Waals surface area contributed by atoms with Crippen LogP contribution in [0.15, 0.2) is 24.4 Å². The van der Waals surface area contributed by atoms with Crippen LogP contribution in [0.4, 0.5) is 0 Å². The standard InChI is InChI=1S/C17H21NO3/c1-21-13-6-7-16-14(9-13)15(10-18-16)12-4-2-11(3-5-12)8-17(19)20/h6-7,9-12,18H,2-5,8H2,1H3,(H,19,20). The third-order valence-corrected chi connectivity index (χ3v) is 4.67. The Morgan fingerprint density at radius 1 is 1.33 bits per heavy atom. The van der Waals surface area contributed by atoms with E-state index in [4.69, 9.17) is 9.84 Å². The quantitative estimate of drug-likeness (QED) is 0.895. The Morgan fingerprint density at radius 2 is 2.10 bits per heavy atom. The summed E-state index contributed by atoms with van der Waals surface area (Å²) in [6.07, 6.45) is 6.58. The van der Waals surface area contributed by atoms with Gasteiger partial charge in [0.2, 0.25) is 0 Å². The molecule has 1 saturated carbocycles. The number of carboxylic acids is 1. The van der Waals surface area contributed by atoms with Crippen molar-refractivity contribution in [2.75, 3.05) is 7.11 Å². The van der Waals surface area contributed by atoms with Crippen molar-refractivity contribution in [3.63, 3.8) is 0 Å². The molecule has 0 radical (unpaired) electrons. The Hall–Kier alpha value is -1.97. The number of fused-ring (bicyclic) bond motifs is 1. The van der Waals surface area contributed by atoms with E-state index in [1.165, 1.54) is 10.9 Å². The molecule has 0 bridgehead atoms. The van der Waals surface area contributed by atoms with Crippen molar-refractivity contribution in [1.82, 2.24) is 4.98 Å². The fourth-order valence-electron chi connectivity index (χ4n) is 3.51. The minimum absolute atomic E-state index is 0.314. The molecule has 1 aromatic heterocycles. The summed E-state index contributed by atoms with van der Waals surface area (Å²) in [4.78, 5) is 14.1. The van der Waals surface area contributed by atoms with Crippen molar-refractivity contribution >= 4 is 16.9 Å². The van der Waals surface area contributed by atoms with Crippen LogP contribution in [0.2, 0.25) is 0 Å². The number of carboxylic acid groups (broad SMARTS) is 1. The van der Waals surface area contributed by atoms with Crippen LogP contribution in [0.5, 0.6) is 5.75 Å². The van der Waals surface area contributed by atoms with E-state index in [9.17, 15) is 4.79 Å². The number of methoxy groups -OCH3 is 1. The first-order valence-corrected chi connectivity index (χ1v) is 7.54. The molecule has 1 aliphatic carbocycles. The lowest BCUT2D eigenvalue weighted by Crippen LogP contribution is -2.16. The lowest BCUT2D eigenvalue weighted by Gasteiger charge is -2.27. The molecule has 1 fully saturated rings. The Kier molecular flexibility index (Phi) is 3.86. The van der Waals surface area contributed by atoms with Gasteiger partial charge in [-0.2, -0.15) is 0 Å². The molecule has 2 aromatic rings. The van der Waals surface area contributed by atoms with Crippen LogP contribution in [0.1, 0.15) is 43.6 Å². The van der Waals surface area contributed by atoms with Gasteiger partial charge >= 0.3 is 5.97 Å². The Bertz CT molecular complexity index is 639. The molecule has 0 amide bonds. The molecular formula is C17H21NO3. The minimum atomic E-state index is -0.671. The zero-order valence-corrected chi connectivity index (χ0v) is 12.3. The van der Waals surface area contributed by atoms with Crippen molar-refractivity contribution < 1.29 is 14.6 Å². The van der Waals surface area contributed by atoms with Crippen LogP contribution < -0.4 is 4.74 Å². The number of nitrogens with one attached hydrogen (secondary N) is 1. The number of aromatic amines is 1. The first-order chi connectivity index (χ1) is 10.2. The van der Waals surface area contributed by atoms with E-state index in [0.717, 1.165) is 36.9 Å². The van der Waals surface area contributed by atoms with Gasteiger partial charge in [0.05, 0.1) is 7.11 Å². The van der Waals surface area contributed by atoms with Gasteiger partial charge in [0, 0.05) is 23.5 Å². The van der Waals surface area contributed by atoms with Gasteiger partial charge in [0.25, 0.3) is 0 Å². The second-order valence-electron chi connectivity index (χ2n) is 5.97. The number of hydrogen-bond acceptors (Lipinski definition) is 2. The maximum absolute atomic E-state index is 10.8. The molecule has 4 heteroatoms. The lowest BCUT2D eigenvalue weighted by molar-refractivity contribution is -0.138. The molecule has 21 heavy (non-hydrogen) atoms. The fourth-order valence-corrected chi connectivity index (χ4v) is 3.51. The summed E-state index contributed by atoms with van der Waals surface area (Å²) in [5, 5.41) is 10.1. The van der Waals surface area contributed by atoms with Crippen LogP contribution in [0.25, 0.3) is 10.9 Å². The van der Waals surface area contributed by atoms with E-state index in [1.807, 2.05) is 12.1 Å². The third kappa shape index (κ3) is 2.89. The lowest BCUT2D eigenvalue weighted by atomic mass is 9.77. The highest BCUT2D eigenvalue weighted by molar-refractivity contribution is 5.85. The number of rotatable bonds is 4. The monoisotopic (exact) mass is 287 g/mol. The largest absolute Gasteiger partial charge is 0.497 e. The van der Waals surface area contributed by atoms with Crippen LogP contribution >= 0.6 is 0 Å². The first kappa shape index (κ1) is 14.0. The highest BCUT2D eigenvalue weighted by Crippen LogP contribution is 2.40. The average molecular weight is 287 g/mol. The van der Waals surface area contributed by atoms with Gasteiger partial charge < -0.3 is 14.8 Å². The molecule has 0 atom stereocenters. The number of carbonyl (C=O) groups is 1. The summed E-state index contributed by atoms with van der Waals surface area (Å²) < 4.78 is 5.32. The molecular weight excluding hydrogens is 266 g/mol. The molecule has 0 saturated heterocycles. The first-order valence-electron chi connectivity index (χ1n) is 7.54. The van der Waals surface area contributed by atoms with Gasteiger partial charge in [-0.1, -0.05) is 0 Å². The van der Waals surface area contributed by atoms with E-state index < -0.39 is 5.97 Å². The molecule has 1 aromatic carbocycles. The predicted molar refractivity (Wildman–Crippen MR) is 81.8 cm³/mol. The zero-order chi connectivity index (χ0) is 14.8. The molecule has 1 aliphatic rings. The molecule has 112 valence electrons. The molecule has 0 unspecified atom stereocenters. The number of H-pyrrole nitrogens is 1. The van der Waals surface area contributed by atoms with Crippen molar-refractivity contribution in [3.8, 4) is 5.75 Å². The summed E-state index contributed by atoms with van der Waals surface area (Å²) in [6, 6.07) is 6.10. The van der Waals surface area contributed by atoms with Crippen LogP contribution in [-0.4, -0.2) is 23.2 Å². The van der Waals surface area contributed by atoms with Crippen molar-refractivity contribution in [2.45, 2.75) is 38.0 Å². The van der Waals surface area contributed by atoms with Gasteiger partial charge in [0.1, 0.15) is 5.75 Å². The second-order valence-corrected chi connectivity index (χ2v) is 5.97. The Morgan fingerprint density at radius 3 is 2.76 bits per heavy atom. The van der Waals surface area contributed by atoms with E-state index in [2.05, 4.69) is 17.2 Å². The zero-order valence-electron chi connectivity index (χ0n) is 12.3. The summed E-state index contributed by atoms with van der Waals surface area (Å²) >= 11 is 0. The van der Waals surface area contributed by atoms with Gasteiger partial charge in [-0.15, -0.1) is 0 Å². The SMILES string of the molecule is COc1ccc2[nH]cc(C3CCC(CC(=O)O)CC3)c2c1. The highest BCUT2D eigenvalue weighted by atomic mass is 16.5. The molecule has 3 rings (SSSR count). The average Bonchev–Trinajstić information content (AvgIpc) is 2.90. The van der Waals surface area contributed by atoms with Crippen LogP contribution in [0, 0.1) is 5.92 Å². The minimum Gasteiger partial charge on any atom is -0.497 e. The van der Waals surface area contributed by atoms with E-state index >= 15 is 0 Å². The van der Waals surface area contributed by atoms with E-state index in [0.29, 0.717) is 18.3 Å². The maximum atomic E-state index is 10.8. The summed E-state index contributed by atoms with van der Waals surface area (Å²) in [7, 11) is 1.69.